The van der Waals surface area contributed by atoms with Crippen LogP contribution in [0.5, 0.6) is 0 Å². The second-order valence-electron chi connectivity index (χ2n) is 5.67. The third-order valence-electron chi connectivity index (χ3n) is 3.96. The molecule has 1 aromatic heterocycles. The number of carbonyl (C=O) groups excluding carboxylic acids is 1. The van der Waals surface area contributed by atoms with Crippen LogP contribution in [0.15, 0.2) is 58.5 Å². The quantitative estimate of drug-likeness (QED) is 0.0951. The van der Waals surface area contributed by atoms with Gasteiger partial charge in [0, 0.05) is 12.1 Å². The number of allylic oxidation sites excluding steroid dienone is 1. The number of hydrogen-bond acceptors (Lipinski definition) is 8. The van der Waals surface area contributed by atoms with Gasteiger partial charge in [-0.3, -0.25) is 14.7 Å². The smallest absolute Gasteiger partial charge is 0.857 e. The van der Waals surface area contributed by atoms with E-state index in [2.05, 4.69) is 10.1 Å². The number of carboxylic acid groups (broad SMARTS) is 1. The summed E-state index contributed by atoms with van der Waals surface area (Å²) < 4.78 is 25.3. The van der Waals surface area contributed by atoms with Crippen molar-refractivity contribution < 1.29 is 57.8 Å². The molecule has 12 heteroatoms. The van der Waals surface area contributed by atoms with Gasteiger partial charge in [-0.15, -0.1) is 0 Å². The Kier molecular flexibility index (Phi) is 6.44. The molecule has 1 saturated heterocycles. The van der Waals surface area contributed by atoms with Crippen LogP contribution in [0.2, 0.25) is 0 Å². The number of nitrogens with zero attached hydrogens (tertiary/aromatic N) is 3. The van der Waals surface area contributed by atoms with Crippen molar-refractivity contribution in [2.24, 2.45) is 10.9 Å². The van der Waals surface area contributed by atoms with Crippen molar-refractivity contribution in [1.82, 2.24) is 9.88 Å². The number of carboxylic acids is 1. The third kappa shape index (κ3) is 3.87. The molecule has 0 aromatic carbocycles. The van der Waals surface area contributed by atoms with Crippen LogP contribution in [0, 0.1) is 0 Å². The summed E-state index contributed by atoms with van der Waals surface area (Å²) >= 11 is 0. The molecule has 0 bridgehead atoms. The van der Waals surface area contributed by atoms with Crippen LogP contribution in [0.3, 0.4) is 0 Å². The molecule has 3 rings (SSSR count). The molecule has 3 heterocycles. The summed E-state index contributed by atoms with van der Waals surface area (Å²) in [6.45, 7) is 0. The topological polar surface area (TPSA) is 166 Å². The zero-order valence-electron chi connectivity index (χ0n) is 14.6. The zero-order valence-corrected chi connectivity index (χ0v) is 17.5. The van der Waals surface area contributed by atoms with Gasteiger partial charge in [-0.05, 0) is 29.9 Å². The Labute approximate surface area is 182 Å². The number of sulfone groups is 1. The molecule has 1 aromatic rings. The normalized spacial score (nSPS) is 22.6. The van der Waals surface area contributed by atoms with Crippen molar-refractivity contribution in [3.8, 4) is 0 Å². The Morgan fingerprint density at radius 1 is 1.43 bits per heavy atom. The van der Waals surface area contributed by atoms with E-state index in [1.54, 1.807) is 18.2 Å². The number of carbonyl (C=O) groups is 2. The minimum atomic E-state index is -3.93. The van der Waals surface area contributed by atoms with Gasteiger partial charge in [0.25, 0.3) is 5.91 Å². The standard InChI is InChI=1S/C16H14N4O6S.Na/c17-19-12(21)5-4-9-8-27(25,26)15-11(7-10-3-1-2-6-18-10)14(22)20(15)13(9)16(23)24;/h1-7,15H,8,17H2,(H,19,21)(H,23,24);/q;+1/p-1/b5-4+,11-7+;/t15-;/m1./s1. The Balaban J connectivity index is 0.00000280. The van der Waals surface area contributed by atoms with Crippen molar-refractivity contribution in [3.05, 3.63) is 59.1 Å². The van der Waals surface area contributed by atoms with Gasteiger partial charge in [-0.1, -0.05) is 12.1 Å². The van der Waals surface area contributed by atoms with E-state index < -0.39 is 44.4 Å². The van der Waals surface area contributed by atoms with Crippen LogP contribution in [0.25, 0.3) is 6.08 Å². The van der Waals surface area contributed by atoms with Gasteiger partial charge in [0.05, 0.1) is 17.0 Å². The van der Waals surface area contributed by atoms with Crippen molar-refractivity contribution in [3.63, 3.8) is 0 Å². The fourth-order valence-corrected chi connectivity index (χ4v) is 4.75. The molecule has 28 heavy (non-hydrogen) atoms. The second kappa shape index (κ2) is 8.27. The van der Waals surface area contributed by atoms with E-state index >= 15 is 0 Å². The summed E-state index contributed by atoms with van der Waals surface area (Å²) in [6.07, 6.45) is 4.62. The number of β-lactam (4-membered cyclic amide) rings is 1. The van der Waals surface area contributed by atoms with Gasteiger partial charge in [0.2, 0.25) is 0 Å². The Morgan fingerprint density at radius 2 is 2.14 bits per heavy atom. The van der Waals surface area contributed by atoms with Gasteiger partial charge in [-0.2, -0.15) is 5.10 Å². The van der Waals surface area contributed by atoms with Gasteiger partial charge in [0.15, 0.2) is 15.2 Å². The largest absolute Gasteiger partial charge is 1.00 e. The number of pyridine rings is 1. The predicted molar refractivity (Wildman–Crippen MR) is 92.1 cm³/mol. The molecule has 2 aliphatic rings. The maximum absolute atomic E-state index is 12.6. The number of rotatable bonds is 4. The van der Waals surface area contributed by atoms with Crippen LogP contribution >= 0.6 is 0 Å². The molecule has 3 N–H and O–H groups in total. The van der Waals surface area contributed by atoms with Gasteiger partial charge in [-0.25, -0.2) is 13.2 Å². The third-order valence-corrected chi connectivity index (χ3v) is 5.81. The number of nitrogens with two attached hydrogens (primary N) is 1. The van der Waals surface area contributed by atoms with Crippen molar-refractivity contribution in [1.29, 1.82) is 0 Å². The molecule has 1 atom stereocenters. The molecular weight excluding hydrogens is 399 g/mol. The predicted octanol–water partition coefficient (Wildman–Crippen LogP) is -4.41. The Bertz CT molecular complexity index is 1050. The fourth-order valence-electron chi connectivity index (χ4n) is 2.85. The van der Waals surface area contributed by atoms with Crippen molar-refractivity contribution >= 4 is 33.7 Å². The molecule has 0 radical (unpaired) electrons. The fraction of sp³-hybridized carbons (Fsp3) is 0.125. The van der Waals surface area contributed by atoms with Crippen LogP contribution in [0.4, 0.5) is 0 Å². The maximum atomic E-state index is 12.6. The van der Waals surface area contributed by atoms with E-state index in [1.165, 1.54) is 12.3 Å². The molecule has 140 valence electrons. The minimum absolute atomic E-state index is 0. The van der Waals surface area contributed by atoms with E-state index in [9.17, 15) is 28.2 Å². The van der Waals surface area contributed by atoms with Crippen LogP contribution in [-0.4, -0.2) is 52.3 Å². The van der Waals surface area contributed by atoms with E-state index in [4.69, 9.17) is 5.84 Å². The first kappa shape index (κ1) is 21.8. The first-order chi connectivity index (χ1) is 12.8. The summed E-state index contributed by atoms with van der Waals surface area (Å²) in [5.74, 6) is 1.03. The monoisotopic (exact) mass is 412 g/mol. The van der Waals surface area contributed by atoms with E-state index in [1.807, 2.05) is 0 Å². The molecule has 1 fully saturated rings. The van der Waals surface area contributed by atoms with Gasteiger partial charge in [0.1, 0.15) is 5.70 Å². The summed E-state index contributed by atoms with van der Waals surface area (Å²) in [7, 11) is -3.93. The van der Waals surface area contributed by atoms with Crippen LogP contribution in [0.1, 0.15) is 5.69 Å². The summed E-state index contributed by atoms with van der Waals surface area (Å²) in [4.78, 5) is 28.8. The number of aliphatic carboxylic acids is 1. The summed E-state index contributed by atoms with van der Waals surface area (Å²) in [5.41, 5.74) is -0.402. The van der Waals surface area contributed by atoms with Crippen LogP contribution in [-0.2, 0) is 19.4 Å². The summed E-state index contributed by atoms with van der Waals surface area (Å²) in [6, 6.07) is 4.91. The molecule has 1 amide bonds. The minimum Gasteiger partial charge on any atom is -0.857 e. The number of amides is 1. The zero-order chi connectivity index (χ0) is 19.8. The summed E-state index contributed by atoms with van der Waals surface area (Å²) in [5, 5.41) is 22.1. The molecular formula is C16H13N4NaO6S. The van der Waals surface area contributed by atoms with Crippen LogP contribution < -0.4 is 40.5 Å². The van der Waals surface area contributed by atoms with Gasteiger partial charge < -0.3 is 16.1 Å². The maximum Gasteiger partial charge on any atom is 1.00 e. The number of hydrazone groups is 1. The molecule has 0 saturated carbocycles. The SMILES string of the molecule is NN=C([O-])/C=C/C1=C(C(=O)O)N2C(=O)/C(=C\c3ccccn3)[C@H]2S(=O)(=O)C1.[Na+]. The van der Waals surface area contributed by atoms with Crippen molar-refractivity contribution in [2.75, 3.05) is 5.75 Å². The average Bonchev–Trinajstić information content (AvgIpc) is 2.63. The molecule has 2 aliphatic heterocycles. The molecule has 10 nitrogen and oxygen atoms in total. The molecule has 0 unspecified atom stereocenters. The van der Waals surface area contributed by atoms with Crippen molar-refractivity contribution in [2.45, 2.75) is 5.37 Å². The Morgan fingerprint density at radius 3 is 2.71 bits per heavy atom. The number of hydrogen-bond donors (Lipinski definition) is 2. The molecule has 0 spiro atoms. The molecule has 0 aliphatic carbocycles. The van der Waals surface area contributed by atoms with E-state index in [0.29, 0.717) is 10.6 Å². The Hall–Kier alpha value is -2.47. The first-order valence-electron chi connectivity index (χ1n) is 7.53. The second-order valence-corrected chi connectivity index (χ2v) is 7.73. The van der Waals surface area contributed by atoms with E-state index in [-0.39, 0.29) is 40.7 Å². The van der Waals surface area contributed by atoms with Gasteiger partial charge >= 0.3 is 35.5 Å². The first-order valence-corrected chi connectivity index (χ1v) is 9.25. The number of aromatic nitrogens is 1. The van der Waals surface area contributed by atoms with E-state index in [0.717, 1.165) is 12.2 Å². The number of fused-ring (bicyclic) bond motifs is 1. The average molecular weight is 412 g/mol.